The Labute approximate surface area is 104 Å². The van der Waals surface area contributed by atoms with Crippen LogP contribution in [0.4, 0.5) is 5.95 Å². The quantitative estimate of drug-likeness (QED) is 0.690. The van der Waals surface area contributed by atoms with E-state index < -0.39 is 0 Å². The molecule has 18 heavy (non-hydrogen) atoms. The van der Waals surface area contributed by atoms with Crippen molar-refractivity contribution in [3.63, 3.8) is 0 Å². The number of rotatable bonds is 3. The van der Waals surface area contributed by atoms with Gasteiger partial charge >= 0.3 is 0 Å². The lowest BCUT2D eigenvalue weighted by Gasteiger charge is -1.92. The van der Waals surface area contributed by atoms with E-state index in [0.717, 1.165) is 16.6 Å². The first kappa shape index (κ1) is 10.7. The predicted molar refractivity (Wildman–Crippen MR) is 70.8 cm³/mol. The number of imidazole rings is 1. The van der Waals surface area contributed by atoms with E-state index in [9.17, 15) is 0 Å². The summed E-state index contributed by atoms with van der Waals surface area (Å²) < 4.78 is 0. The second-order valence-electron chi connectivity index (χ2n) is 3.96. The molecular formula is C14H12N4. The Bertz CT molecular complexity index is 637. The highest BCUT2D eigenvalue weighted by Gasteiger charge is 1.99. The molecule has 0 amide bonds. The first-order valence-corrected chi connectivity index (χ1v) is 5.78. The summed E-state index contributed by atoms with van der Waals surface area (Å²) in [6, 6.07) is 17.9. The molecule has 0 unspecified atom stereocenters. The van der Waals surface area contributed by atoms with E-state index in [1.165, 1.54) is 0 Å². The Hall–Kier alpha value is -2.49. The number of nitrogens with one attached hydrogen (secondary N) is 1. The highest BCUT2D eigenvalue weighted by atomic mass is 15.2. The van der Waals surface area contributed by atoms with Gasteiger partial charge in [-0.25, -0.2) is 4.98 Å². The van der Waals surface area contributed by atoms with Crippen LogP contribution in [0.3, 0.4) is 0 Å². The first-order chi connectivity index (χ1) is 8.92. The van der Waals surface area contributed by atoms with Gasteiger partial charge in [0.1, 0.15) is 0 Å². The monoisotopic (exact) mass is 236 g/mol. The van der Waals surface area contributed by atoms with Crippen molar-refractivity contribution in [1.29, 1.82) is 0 Å². The number of aromatic amines is 1. The number of hydrogen-bond donors (Lipinski definition) is 1. The molecule has 3 aromatic rings. The molecule has 0 aliphatic rings. The van der Waals surface area contributed by atoms with E-state index in [1.807, 2.05) is 54.6 Å². The van der Waals surface area contributed by atoms with E-state index in [2.05, 4.69) is 20.2 Å². The Balaban J connectivity index is 1.76. The summed E-state index contributed by atoms with van der Waals surface area (Å²) in [4.78, 5) is 7.44. The van der Waals surface area contributed by atoms with Crippen molar-refractivity contribution in [3.8, 4) is 0 Å². The molecule has 1 N–H and O–H groups in total. The van der Waals surface area contributed by atoms with Gasteiger partial charge in [-0.3, -0.25) is 0 Å². The summed E-state index contributed by atoms with van der Waals surface area (Å²) in [5, 5.41) is 8.24. The van der Waals surface area contributed by atoms with E-state index in [-0.39, 0.29) is 0 Å². The van der Waals surface area contributed by atoms with Crippen molar-refractivity contribution in [1.82, 2.24) is 9.97 Å². The lowest BCUT2D eigenvalue weighted by molar-refractivity contribution is 0.939. The Morgan fingerprint density at radius 3 is 2.56 bits per heavy atom. The molecule has 4 nitrogen and oxygen atoms in total. The van der Waals surface area contributed by atoms with Crippen LogP contribution < -0.4 is 0 Å². The maximum absolute atomic E-state index is 4.33. The largest absolute Gasteiger partial charge is 0.321 e. The highest BCUT2D eigenvalue weighted by molar-refractivity contribution is 5.76. The van der Waals surface area contributed by atoms with Crippen molar-refractivity contribution >= 4 is 17.0 Å². The smallest absolute Gasteiger partial charge is 0.247 e. The van der Waals surface area contributed by atoms with Gasteiger partial charge in [0.25, 0.3) is 0 Å². The topological polar surface area (TPSA) is 53.4 Å². The van der Waals surface area contributed by atoms with E-state index >= 15 is 0 Å². The zero-order valence-corrected chi connectivity index (χ0v) is 9.74. The number of benzene rings is 2. The average Bonchev–Trinajstić information content (AvgIpc) is 2.82. The van der Waals surface area contributed by atoms with Gasteiger partial charge in [-0.05, 0) is 17.7 Å². The van der Waals surface area contributed by atoms with Crippen LogP contribution in [0.2, 0.25) is 0 Å². The van der Waals surface area contributed by atoms with Crippen LogP contribution in [0.15, 0.2) is 64.8 Å². The molecule has 0 saturated carbocycles. The lowest BCUT2D eigenvalue weighted by Crippen LogP contribution is -1.77. The summed E-state index contributed by atoms with van der Waals surface area (Å²) in [6.07, 6.45) is 0. The minimum absolute atomic E-state index is 0.548. The van der Waals surface area contributed by atoms with Crippen LogP contribution in [-0.2, 0) is 6.54 Å². The van der Waals surface area contributed by atoms with E-state index in [4.69, 9.17) is 0 Å². The molecule has 0 atom stereocenters. The van der Waals surface area contributed by atoms with Crippen LogP contribution >= 0.6 is 0 Å². The average molecular weight is 236 g/mol. The number of hydrogen-bond acceptors (Lipinski definition) is 3. The molecule has 88 valence electrons. The molecule has 0 saturated heterocycles. The van der Waals surface area contributed by atoms with Gasteiger partial charge in [0.15, 0.2) is 0 Å². The molecule has 0 spiro atoms. The van der Waals surface area contributed by atoms with E-state index in [0.29, 0.717) is 12.5 Å². The third-order valence-electron chi connectivity index (χ3n) is 2.64. The number of aromatic nitrogens is 2. The molecule has 1 aromatic heterocycles. The fourth-order valence-corrected chi connectivity index (χ4v) is 1.75. The third-order valence-corrected chi connectivity index (χ3v) is 2.64. The molecule has 0 fully saturated rings. The maximum Gasteiger partial charge on any atom is 0.247 e. The number of para-hydroxylation sites is 2. The maximum atomic E-state index is 4.33. The van der Waals surface area contributed by atoms with Gasteiger partial charge < -0.3 is 4.98 Å². The normalized spacial score (nSPS) is 11.3. The number of H-pyrrole nitrogens is 1. The number of azo groups is 1. The standard InChI is InChI=1S/C14H12N4/c1-2-6-11(7-3-1)10-15-18-14-16-12-8-4-5-9-13(12)17-14/h1-9H,10H2,(H,16,17). The fourth-order valence-electron chi connectivity index (χ4n) is 1.75. The van der Waals surface area contributed by atoms with Crippen LogP contribution in [0.5, 0.6) is 0 Å². The summed E-state index contributed by atoms with van der Waals surface area (Å²) >= 11 is 0. The molecule has 2 aromatic carbocycles. The molecule has 0 bridgehead atoms. The summed E-state index contributed by atoms with van der Waals surface area (Å²) in [6.45, 7) is 0.567. The van der Waals surface area contributed by atoms with E-state index in [1.54, 1.807) is 0 Å². The molecular weight excluding hydrogens is 224 g/mol. The molecule has 3 rings (SSSR count). The predicted octanol–water partition coefficient (Wildman–Crippen LogP) is 3.85. The van der Waals surface area contributed by atoms with Crippen LogP contribution in [0.25, 0.3) is 11.0 Å². The van der Waals surface area contributed by atoms with Gasteiger partial charge in [0.2, 0.25) is 5.95 Å². The van der Waals surface area contributed by atoms with Gasteiger partial charge in [0.05, 0.1) is 17.6 Å². The van der Waals surface area contributed by atoms with Crippen molar-refractivity contribution in [2.75, 3.05) is 0 Å². The second-order valence-corrected chi connectivity index (χ2v) is 3.96. The third kappa shape index (κ3) is 2.27. The lowest BCUT2D eigenvalue weighted by atomic mass is 10.2. The Morgan fingerprint density at radius 1 is 0.944 bits per heavy atom. The van der Waals surface area contributed by atoms with Crippen molar-refractivity contribution in [2.24, 2.45) is 10.2 Å². The number of fused-ring (bicyclic) bond motifs is 1. The van der Waals surface area contributed by atoms with Gasteiger partial charge in [-0.2, -0.15) is 5.11 Å². The Morgan fingerprint density at radius 2 is 1.72 bits per heavy atom. The summed E-state index contributed by atoms with van der Waals surface area (Å²) in [5.74, 6) is 0.548. The van der Waals surface area contributed by atoms with Gasteiger partial charge in [-0.1, -0.05) is 42.5 Å². The zero-order chi connectivity index (χ0) is 12.2. The van der Waals surface area contributed by atoms with Crippen molar-refractivity contribution in [3.05, 3.63) is 60.2 Å². The summed E-state index contributed by atoms with van der Waals surface area (Å²) in [7, 11) is 0. The highest BCUT2D eigenvalue weighted by Crippen LogP contribution is 2.16. The molecule has 1 heterocycles. The molecule has 0 aliphatic heterocycles. The molecule has 4 heteroatoms. The fraction of sp³-hybridized carbons (Fsp3) is 0.0714. The summed E-state index contributed by atoms with van der Waals surface area (Å²) in [5.41, 5.74) is 3.02. The first-order valence-electron chi connectivity index (χ1n) is 5.78. The minimum Gasteiger partial charge on any atom is -0.321 e. The Kier molecular flexibility index (Phi) is 2.84. The molecule has 0 aliphatic carbocycles. The SMILES string of the molecule is c1ccc(CN=Nc2nc3ccccc3[nH]2)cc1. The van der Waals surface area contributed by atoms with Gasteiger partial charge in [-0.15, -0.1) is 5.11 Å². The van der Waals surface area contributed by atoms with Crippen LogP contribution in [0.1, 0.15) is 5.56 Å². The number of nitrogens with zero attached hydrogens (tertiary/aromatic N) is 3. The van der Waals surface area contributed by atoms with Gasteiger partial charge in [0, 0.05) is 0 Å². The van der Waals surface area contributed by atoms with Crippen molar-refractivity contribution < 1.29 is 0 Å². The van der Waals surface area contributed by atoms with Crippen molar-refractivity contribution in [2.45, 2.75) is 6.54 Å². The minimum atomic E-state index is 0.548. The molecule has 0 radical (unpaired) electrons. The zero-order valence-electron chi connectivity index (χ0n) is 9.74. The van der Waals surface area contributed by atoms with Crippen LogP contribution in [0, 0.1) is 0 Å². The van der Waals surface area contributed by atoms with Crippen LogP contribution in [-0.4, -0.2) is 9.97 Å². The second kappa shape index (κ2) is 4.79.